The van der Waals surface area contributed by atoms with Gasteiger partial charge in [0.25, 0.3) is 0 Å². The zero-order chi connectivity index (χ0) is 26.6. The van der Waals surface area contributed by atoms with Crippen LogP contribution in [0.3, 0.4) is 0 Å². The summed E-state index contributed by atoms with van der Waals surface area (Å²) in [6, 6.07) is 0. The number of hydrogen-bond donors (Lipinski definition) is 1. The molecule has 0 aromatic carbocycles. The topological polar surface area (TPSA) is 107 Å². The van der Waals surface area contributed by atoms with Gasteiger partial charge in [-0.3, -0.25) is 19.2 Å². The van der Waals surface area contributed by atoms with Crippen LogP contribution in [0.2, 0.25) is 0 Å². The first kappa shape index (κ1) is 26.8. The zero-order valence-corrected chi connectivity index (χ0v) is 22.3. The number of hydrogen-bond acceptors (Lipinski definition) is 7. The number of rotatable bonds is 6. The normalized spacial score (nSPS) is 41.2. The summed E-state index contributed by atoms with van der Waals surface area (Å²) in [6.07, 6.45) is 6.83. The van der Waals surface area contributed by atoms with E-state index in [9.17, 15) is 24.3 Å². The lowest BCUT2D eigenvalue weighted by molar-refractivity contribution is -0.202. The number of aliphatic hydroxyl groups is 1. The second-order valence-corrected chi connectivity index (χ2v) is 12.4. The fourth-order valence-corrected chi connectivity index (χ4v) is 8.27. The highest BCUT2D eigenvalue weighted by molar-refractivity contribution is 6.01. The van der Waals surface area contributed by atoms with E-state index in [2.05, 4.69) is 13.8 Å². The Morgan fingerprint density at radius 1 is 1.22 bits per heavy atom. The third kappa shape index (κ3) is 4.07. The Morgan fingerprint density at radius 2 is 1.92 bits per heavy atom. The summed E-state index contributed by atoms with van der Waals surface area (Å²) in [4.78, 5) is 50.4. The van der Waals surface area contributed by atoms with Gasteiger partial charge in [-0.15, -0.1) is 0 Å². The molecule has 3 fully saturated rings. The maximum Gasteiger partial charge on any atom is 0.307 e. The summed E-state index contributed by atoms with van der Waals surface area (Å²) in [5.74, 6) is -1.21. The van der Waals surface area contributed by atoms with E-state index in [1.54, 1.807) is 12.2 Å². The van der Waals surface area contributed by atoms with Crippen LogP contribution < -0.4 is 0 Å². The van der Waals surface area contributed by atoms with Gasteiger partial charge >= 0.3 is 11.9 Å². The quantitative estimate of drug-likeness (QED) is 0.550. The largest absolute Gasteiger partial charge is 0.458 e. The van der Waals surface area contributed by atoms with E-state index in [0.29, 0.717) is 19.3 Å². The molecular weight excluding hydrogens is 460 g/mol. The monoisotopic (exact) mass is 500 g/mol. The van der Waals surface area contributed by atoms with Crippen LogP contribution in [0, 0.1) is 40.4 Å². The van der Waals surface area contributed by atoms with Gasteiger partial charge in [0.1, 0.15) is 0 Å². The van der Waals surface area contributed by atoms with Crippen LogP contribution >= 0.6 is 0 Å². The Labute approximate surface area is 213 Å². The van der Waals surface area contributed by atoms with Crippen molar-refractivity contribution in [3.63, 3.8) is 0 Å². The van der Waals surface area contributed by atoms with Crippen molar-refractivity contribution in [2.75, 3.05) is 6.61 Å². The van der Waals surface area contributed by atoms with Crippen LogP contribution in [-0.4, -0.2) is 46.9 Å². The fourth-order valence-electron chi connectivity index (χ4n) is 8.27. The first-order valence-corrected chi connectivity index (χ1v) is 13.3. The van der Waals surface area contributed by atoms with Gasteiger partial charge in [0.15, 0.2) is 18.0 Å². The highest BCUT2D eigenvalue weighted by Crippen LogP contribution is 2.68. The van der Waals surface area contributed by atoms with Gasteiger partial charge in [0, 0.05) is 30.1 Å². The molecule has 0 aliphatic heterocycles. The number of ketones is 2. The number of aliphatic hydroxyl groups excluding tert-OH is 1. The first-order valence-electron chi connectivity index (χ1n) is 13.3. The molecule has 198 valence electrons. The fraction of sp³-hybridized carbons (Fsp3) is 0.724. The molecule has 4 rings (SSSR count). The van der Waals surface area contributed by atoms with Crippen LogP contribution in [0.5, 0.6) is 0 Å². The van der Waals surface area contributed by atoms with Crippen molar-refractivity contribution in [3.8, 4) is 0 Å². The molecule has 7 heteroatoms. The summed E-state index contributed by atoms with van der Waals surface area (Å²) >= 11 is 0. The number of allylic oxidation sites excluding steroid dienone is 4. The van der Waals surface area contributed by atoms with Crippen LogP contribution in [-0.2, 0) is 28.7 Å². The van der Waals surface area contributed by atoms with Gasteiger partial charge in [-0.1, -0.05) is 46.3 Å². The Kier molecular flexibility index (Phi) is 6.87. The van der Waals surface area contributed by atoms with Gasteiger partial charge in [0.05, 0.1) is 6.10 Å². The number of carbonyl (C=O) groups is 4. The third-order valence-electron chi connectivity index (χ3n) is 9.66. The predicted octanol–water partition coefficient (Wildman–Crippen LogP) is 3.97. The minimum absolute atomic E-state index is 0.0177. The van der Waals surface area contributed by atoms with Crippen molar-refractivity contribution in [2.24, 2.45) is 40.4 Å². The van der Waals surface area contributed by atoms with E-state index in [-0.39, 0.29) is 41.8 Å². The summed E-state index contributed by atoms with van der Waals surface area (Å²) in [6.45, 7) is 10.8. The van der Waals surface area contributed by atoms with Gasteiger partial charge in [-0.2, -0.15) is 0 Å². The average molecular weight is 501 g/mol. The minimum atomic E-state index is -1.45. The molecular formula is C29H40O7. The minimum Gasteiger partial charge on any atom is -0.458 e. The van der Waals surface area contributed by atoms with Crippen LogP contribution in [0.25, 0.3) is 0 Å². The predicted molar refractivity (Wildman–Crippen MR) is 132 cm³/mol. The molecule has 1 unspecified atom stereocenters. The van der Waals surface area contributed by atoms with Crippen LogP contribution in [0.1, 0.15) is 73.6 Å². The maximum absolute atomic E-state index is 13.7. The second-order valence-electron chi connectivity index (χ2n) is 12.4. The number of esters is 2. The number of ether oxygens (including phenoxy) is 2. The first-order chi connectivity index (χ1) is 16.7. The molecule has 36 heavy (non-hydrogen) atoms. The van der Waals surface area contributed by atoms with E-state index in [4.69, 9.17) is 9.47 Å². The Balaban J connectivity index is 1.75. The summed E-state index contributed by atoms with van der Waals surface area (Å²) in [5, 5.41) is 11.7. The molecule has 0 aromatic heterocycles. The van der Waals surface area contributed by atoms with Crippen molar-refractivity contribution in [1.29, 1.82) is 0 Å². The van der Waals surface area contributed by atoms with Crippen molar-refractivity contribution in [2.45, 2.75) is 85.4 Å². The van der Waals surface area contributed by atoms with E-state index < -0.39 is 46.9 Å². The van der Waals surface area contributed by atoms with E-state index in [1.807, 2.05) is 26.8 Å². The number of Topliss-reactive ketones (excluding diaryl/α,β-unsaturated/α-hetero) is 1. The third-order valence-corrected chi connectivity index (χ3v) is 9.66. The lowest BCUT2D eigenvalue weighted by Crippen LogP contribution is -2.63. The zero-order valence-electron chi connectivity index (χ0n) is 22.3. The maximum atomic E-state index is 13.7. The van der Waals surface area contributed by atoms with Crippen LogP contribution in [0.4, 0.5) is 0 Å². The van der Waals surface area contributed by atoms with Gasteiger partial charge in [0.2, 0.25) is 5.78 Å². The summed E-state index contributed by atoms with van der Waals surface area (Å²) in [5.41, 5.74) is -1.64. The molecule has 0 radical (unpaired) electrons. The molecule has 4 aliphatic rings. The average Bonchev–Trinajstić information content (AvgIpc) is 3.05. The van der Waals surface area contributed by atoms with E-state index >= 15 is 0 Å². The molecule has 3 saturated carbocycles. The van der Waals surface area contributed by atoms with Crippen molar-refractivity contribution in [3.05, 3.63) is 23.8 Å². The van der Waals surface area contributed by atoms with E-state index in [0.717, 1.165) is 12.0 Å². The lowest BCUT2D eigenvalue weighted by Gasteiger charge is -2.61. The molecule has 1 N–H and O–H groups in total. The lowest BCUT2D eigenvalue weighted by atomic mass is 9.44. The van der Waals surface area contributed by atoms with Crippen LogP contribution in [0.15, 0.2) is 23.8 Å². The highest BCUT2D eigenvalue weighted by atomic mass is 16.6. The Morgan fingerprint density at radius 3 is 2.56 bits per heavy atom. The molecule has 0 heterocycles. The van der Waals surface area contributed by atoms with Gasteiger partial charge in [-0.05, 0) is 61.5 Å². The molecule has 0 aromatic rings. The highest BCUT2D eigenvalue weighted by Gasteiger charge is 2.70. The van der Waals surface area contributed by atoms with Gasteiger partial charge in [-0.25, -0.2) is 0 Å². The number of fused-ring (bicyclic) bond motifs is 5. The van der Waals surface area contributed by atoms with Crippen molar-refractivity contribution < 1.29 is 33.8 Å². The number of carbonyl (C=O) groups excluding carboxylic acids is 4. The molecule has 0 amide bonds. The standard InChI is InChI=1S/C29H40O7/c1-16(2)11-25(34)36-29(24(33)15-35-18(4)30)10-8-21-20-12-17(3)22-13-19(31)7-9-27(22,5)26(20)23(32)14-28(21,29)6/h7,9,13,16-17,20-21,23,26,32H,8,10-12,14-15H2,1-6H3/t17?,20-,21-,23-,26+,27-,28-,29-/m0/s1. The van der Waals surface area contributed by atoms with E-state index in [1.165, 1.54) is 6.92 Å². The second kappa shape index (κ2) is 9.23. The summed E-state index contributed by atoms with van der Waals surface area (Å²) in [7, 11) is 0. The molecule has 0 saturated heterocycles. The summed E-state index contributed by atoms with van der Waals surface area (Å²) < 4.78 is 11.2. The molecule has 8 atom stereocenters. The smallest absolute Gasteiger partial charge is 0.307 e. The molecule has 0 spiro atoms. The van der Waals surface area contributed by atoms with Gasteiger partial charge < -0.3 is 14.6 Å². The van der Waals surface area contributed by atoms with Crippen molar-refractivity contribution >= 4 is 23.5 Å². The Bertz CT molecular complexity index is 1020. The molecule has 0 bridgehead atoms. The molecule has 4 aliphatic carbocycles. The van der Waals surface area contributed by atoms with Crippen molar-refractivity contribution in [1.82, 2.24) is 0 Å². The molecule has 7 nitrogen and oxygen atoms in total. The Hall–Kier alpha value is -2.28. The SMILES string of the molecule is CC(=O)OCC(=O)[C@@]1(OC(=O)CC(C)C)CC[C@H]2[C@@H]3CC(C)C4=CC(=O)C=C[C@]4(C)[C@H]3[C@@H](O)C[C@@]21C.